The summed E-state index contributed by atoms with van der Waals surface area (Å²) in [6, 6.07) is 0. The van der Waals surface area contributed by atoms with E-state index in [-0.39, 0.29) is 5.91 Å². The molecule has 5 nitrogen and oxygen atoms in total. The zero-order valence-electron chi connectivity index (χ0n) is 7.72. The predicted molar refractivity (Wildman–Crippen MR) is 48.6 cm³/mol. The first-order valence-corrected chi connectivity index (χ1v) is 4.47. The van der Waals surface area contributed by atoms with Crippen molar-refractivity contribution in [1.29, 1.82) is 0 Å². The molecule has 0 spiro atoms. The normalized spacial score (nSPS) is 22.6. The van der Waals surface area contributed by atoms with Crippen molar-refractivity contribution in [3.05, 3.63) is 12.2 Å². The van der Waals surface area contributed by atoms with Crippen LogP contribution < -0.4 is 0 Å². The van der Waals surface area contributed by atoms with Crippen molar-refractivity contribution in [3.63, 3.8) is 0 Å². The largest absolute Gasteiger partial charge is 0.478 e. The number of likely N-dealkylation sites (tertiary alicyclic amines) is 1. The van der Waals surface area contributed by atoms with Gasteiger partial charge in [-0.25, -0.2) is 4.79 Å². The molecule has 1 unspecified atom stereocenters. The predicted octanol–water partition coefficient (Wildman–Crippen LogP) is -0.390. The molecule has 0 radical (unpaired) electrons. The lowest BCUT2D eigenvalue weighted by Crippen LogP contribution is -2.41. The topological polar surface area (TPSA) is 77.8 Å². The fraction of sp³-hybridized carbons (Fsp3) is 0.556. The van der Waals surface area contributed by atoms with Gasteiger partial charge in [-0.15, -0.1) is 0 Å². The number of aliphatic hydroxyl groups excluding tert-OH is 1. The number of aliphatic carboxylic acids is 1. The van der Waals surface area contributed by atoms with Crippen LogP contribution in [0.3, 0.4) is 0 Å². The molecule has 0 aliphatic carbocycles. The van der Waals surface area contributed by atoms with Crippen LogP contribution in [0.25, 0.3) is 0 Å². The minimum atomic E-state index is -1.14. The minimum Gasteiger partial charge on any atom is -0.478 e. The van der Waals surface area contributed by atoms with E-state index in [4.69, 9.17) is 5.11 Å². The summed E-state index contributed by atoms with van der Waals surface area (Å²) in [5.74, 6) is -1.50. The maximum Gasteiger partial charge on any atom is 0.328 e. The van der Waals surface area contributed by atoms with Gasteiger partial charge >= 0.3 is 5.97 Å². The average molecular weight is 199 g/mol. The zero-order chi connectivity index (χ0) is 10.6. The van der Waals surface area contributed by atoms with Gasteiger partial charge in [0.25, 0.3) is 0 Å². The summed E-state index contributed by atoms with van der Waals surface area (Å²) in [7, 11) is 0. The number of amides is 1. The van der Waals surface area contributed by atoms with E-state index in [1.165, 1.54) is 4.90 Å². The number of carboxylic acids is 1. The Morgan fingerprint density at radius 2 is 2.07 bits per heavy atom. The lowest BCUT2D eigenvalue weighted by molar-refractivity contribution is -0.133. The minimum absolute atomic E-state index is 0.294. The summed E-state index contributed by atoms with van der Waals surface area (Å²) < 4.78 is 0. The Morgan fingerprint density at radius 1 is 1.36 bits per heavy atom. The van der Waals surface area contributed by atoms with Crippen LogP contribution in [-0.4, -0.2) is 46.2 Å². The molecule has 1 saturated heterocycles. The van der Waals surface area contributed by atoms with Gasteiger partial charge in [0.2, 0.25) is 5.91 Å². The second-order valence-corrected chi connectivity index (χ2v) is 3.25. The molecule has 5 heteroatoms. The number of carbonyl (C=O) groups is 2. The van der Waals surface area contributed by atoms with Crippen LogP contribution in [0.5, 0.6) is 0 Å². The summed E-state index contributed by atoms with van der Waals surface area (Å²) in [4.78, 5) is 22.9. The molecule has 1 fully saturated rings. The molecule has 78 valence electrons. The molecular weight excluding hydrogens is 186 g/mol. The molecule has 14 heavy (non-hydrogen) atoms. The van der Waals surface area contributed by atoms with Gasteiger partial charge in [-0.2, -0.15) is 0 Å². The first kappa shape index (κ1) is 10.7. The third-order valence-corrected chi connectivity index (χ3v) is 2.08. The Labute approximate surface area is 81.6 Å². The van der Waals surface area contributed by atoms with Crippen molar-refractivity contribution in [1.82, 2.24) is 4.90 Å². The molecule has 2 N–H and O–H groups in total. The van der Waals surface area contributed by atoms with Crippen molar-refractivity contribution in [2.75, 3.05) is 13.1 Å². The van der Waals surface area contributed by atoms with Gasteiger partial charge in [0.15, 0.2) is 0 Å². The van der Waals surface area contributed by atoms with E-state index in [9.17, 15) is 14.7 Å². The standard InChI is InChI=1S/C9H13NO4/c11-7-2-1-5-10(6-7)8(12)3-4-9(13)14/h3-4,7,11H,1-2,5-6H2,(H,13,14). The molecule has 1 rings (SSSR count). The lowest BCUT2D eigenvalue weighted by atomic mass is 10.1. The summed E-state index contributed by atoms with van der Waals surface area (Å²) in [6.07, 6.45) is 2.80. The van der Waals surface area contributed by atoms with Crippen molar-refractivity contribution >= 4 is 11.9 Å². The van der Waals surface area contributed by atoms with Crippen molar-refractivity contribution in [2.24, 2.45) is 0 Å². The second-order valence-electron chi connectivity index (χ2n) is 3.25. The van der Waals surface area contributed by atoms with E-state index in [1.54, 1.807) is 0 Å². The molecular formula is C9H13NO4. The van der Waals surface area contributed by atoms with Crippen LogP contribution in [0.15, 0.2) is 12.2 Å². The number of hydrogen-bond donors (Lipinski definition) is 2. The summed E-state index contributed by atoms with van der Waals surface area (Å²) >= 11 is 0. The van der Waals surface area contributed by atoms with Gasteiger partial charge in [0.05, 0.1) is 6.10 Å². The van der Waals surface area contributed by atoms with Gasteiger partial charge in [-0.1, -0.05) is 0 Å². The fourth-order valence-corrected chi connectivity index (χ4v) is 1.40. The SMILES string of the molecule is O=C(O)C=CC(=O)N1CCCC(O)C1. The van der Waals surface area contributed by atoms with Gasteiger partial charge in [0, 0.05) is 25.2 Å². The maximum atomic E-state index is 11.3. The Kier molecular flexibility index (Phi) is 3.64. The van der Waals surface area contributed by atoms with E-state index in [0.717, 1.165) is 18.6 Å². The number of carboxylic acid groups (broad SMARTS) is 1. The van der Waals surface area contributed by atoms with E-state index < -0.39 is 12.1 Å². The number of hydrogen-bond acceptors (Lipinski definition) is 3. The molecule has 0 aromatic rings. The smallest absolute Gasteiger partial charge is 0.328 e. The quantitative estimate of drug-likeness (QED) is 0.594. The van der Waals surface area contributed by atoms with Crippen LogP contribution in [0.4, 0.5) is 0 Å². The summed E-state index contributed by atoms with van der Waals surface area (Å²) in [5, 5.41) is 17.6. The Balaban J connectivity index is 2.47. The Hall–Kier alpha value is -1.36. The average Bonchev–Trinajstić information content (AvgIpc) is 2.14. The van der Waals surface area contributed by atoms with Crippen molar-refractivity contribution in [2.45, 2.75) is 18.9 Å². The highest BCUT2D eigenvalue weighted by Gasteiger charge is 2.20. The van der Waals surface area contributed by atoms with Crippen LogP contribution in [0.2, 0.25) is 0 Å². The van der Waals surface area contributed by atoms with Crippen LogP contribution >= 0.6 is 0 Å². The van der Waals surface area contributed by atoms with Gasteiger partial charge in [0.1, 0.15) is 0 Å². The molecule has 1 amide bonds. The van der Waals surface area contributed by atoms with E-state index in [2.05, 4.69) is 0 Å². The van der Waals surface area contributed by atoms with Crippen LogP contribution in [-0.2, 0) is 9.59 Å². The monoisotopic (exact) mass is 199 g/mol. The van der Waals surface area contributed by atoms with E-state index in [0.29, 0.717) is 19.5 Å². The van der Waals surface area contributed by atoms with Crippen molar-refractivity contribution < 1.29 is 19.8 Å². The summed E-state index contributed by atoms with van der Waals surface area (Å²) in [6.45, 7) is 0.878. The van der Waals surface area contributed by atoms with Crippen LogP contribution in [0, 0.1) is 0 Å². The highest BCUT2D eigenvalue weighted by Crippen LogP contribution is 2.09. The van der Waals surface area contributed by atoms with E-state index in [1.807, 2.05) is 0 Å². The first-order valence-electron chi connectivity index (χ1n) is 4.47. The summed E-state index contributed by atoms with van der Waals surface area (Å²) in [5.41, 5.74) is 0. The first-order chi connectivity index (χ1) is 6.59. The number of carbonyl (C=O) groups excluding carboxylic acids is 1. The molecule has 0 saturated carbocycles. The molecule has 0 bridgehead atoms. The number of rotatable bonds is 2. The molecule has 1 heterocycles. The number of aliphatic hydroxyl groups is 1. The third-order valence-electron chi connectivity index (χ3n) is 2.08. The molecule has 0 aromatic carbocycles. The van der Waals surface area contributed by atoms with E-state index >= 15 is 0 Å². The number of nitrogens with zero attached hydrogens (tertiary/aromatic N) is 1. The van der Waals surface area contributed by atoms with Crippen molar-refractivity contribution in [3.8, 4) is 0 Å². The Bertz CT molecular complexity index is 262. The Morgan fingerprint density at radius 3 is 2.64 bits per heavy atom. The molecule has 1 atom stereocenters. The second kappa shape index (κ2) is 4.76. The molecule has 1 aliphatic rings. The fourth-order valence-electron chi connectivity index (χ4n) is 1.40. The maximum absolute atomic E-state index is 11.3. The lowest BCUT2D eigenvalue weighted by Gasteiger charge is -2.29. The zero-order valence-corrected chi connectivity index (χ0v) is 7.72. The highest BCUT2D eigenvalue weighted by molar-refractivity contribution is 5.93. The number of piperidine rings is 1. The van der Waals surface area contributed by atoms with Gasteiger partial charge < -0.3 is 15.1 Å². The highest BCUT2D eigenvalue weighted by atomic mass is 16.4. The number of β-amino-alcohol motifs (C(OH)–C–C–N with tert-alkyl or cyclic N) is 1. The van der Waals surface area contributed by atoms with Crippen LogP contribution in [0.1, 0.15) is 12.8 Å². The van der Waals surface area contributed by atoms with Gasteiger partial charge in [-0.05, 0) is 12.8 Å². The molecule has 1 aliphatic heterocycles. The third kappa shape index (κ3) is 3.18. The van der Waals surface area contributed by atoms with Gasteiger partial charge in [-0.3, -0.25) is 4.79 Å². The molecule has 0 aromatic heterocycles.